The molecule has 5 nitrogen and oxygen atoms in total. The largest absolute Gasteiger partial charge is 0.495 e. The van der Waals surface area contributed by atoms with Crippen LogP contribution >= 0.6 is 23.4 Å². The highest BCUT2D eigenvalue weighted by molar-refractivity contribution is 7.98. The van der Waals surface area contributed by atoms with Gasteiger partial charge in [0.05, 0.1) is 17.8 Å². The predicted molar refractivity (Wildman–Crippen MR) is 126 cm³/mol. The van der Waals surface area contributed by atoms with E-state index in [0.717, 1.165) is 16.0 Å². The van der Waals surface area contributed by atoms with Gasteiger partial charge in [0.25, 0.3) is 11.7 Å². The molecule has 0 fully saturated rings. The van der Waals surface area contributed by atoms with Gasteiger partial charge < -0.3 is 14.5 Å². The second kappa shape index (κ2) is 8.88. The number of thioether (sulfide) groups is 1. The van der Waals surface area contributed by atoms with Crippen LogP contribution in [0, 0.1) is 0 Å². The maximum Gasteiger partial charge on any atom is 0.298 e. The van der Waals surface area contributed by atoms with E-state index in [0.29, 0.717) is 22.0 Å². The quantitative estimate of drug-likeness (QED) is 0.229. The molecule has 0 aliphatic heterocycles. The number of nitrogens with zero attached hydrogens (tertiary/aromatic N) is 1. The number of rotatable bonds is 6. The fourth-order valence-electron chi connectivity index (χ4n) is 3.44. The normalized spacial score (nSPS) is 10.8. The average molecular weight is 451 g/mol. The third-order valence-corrected chi connectivity index (χ3v) is 6.01. The first-order valence-electron chi connectivity index (χ1n) is 9.46. The summed E-state index contributed by atoms with van der Waals surface area (Å²) in [6, 6.07) is 20.1. The van der Waals surface area contributed by atoms with E-state index in [9.17, 15) is 9.59 Å². The molecule has 1 N–H and O–H groups in total. The standard InChI is InChI=1S/C24H19ClN2O3S/c1-30-20-11-10-15(13-18(20)25)17-14-16-7-5-6-12-27(16)22(17)23(28)24(29)26-19-8-3-4-9-21(19)31-2/h3-14H,1-2H3,(H,26,29). The van der Waals surface area contributed by atoms with Gasteiger partial charge >= 0.3 is 0 Å². The van der Waals surface area contributed by atoms with Crippen LogP contribution in [0.1, 0.15) is 10.5 Å². The smallest absolute Gasteiger partial charge is 0.298 e. The lowest BCUT2D eigenvalue weighted by molar-refractivity contribution is -0.112. The number of hydrogen-bond donors (Lipinski definition) is 1. The van der Waals surface area contributed by atoms with Crippen molar-refractivity contribution in [2.75, 3.05) is 18.7 Å². The maximum absolute atomic E-state index is 13.3. The number of Topliss-reactive ketones (excluding diaryl/α,β-unsaturated/α-hetero) is 1. The summed E-state index contributed by atoms with van der Waals surface area (Å²) in [7, 11) is 1.54. The molecule has 0 aliphatic rings. The number of methoxy groups -OCH3 is 1. The molecular formula is C24H19ClN2O3S. The Hall–Kier alpha value is -3.22. The van der Waals surface area contributed by atoms with Crippen molar-refractivity contribution < 1.29 is 14.3 Å². The van der Waals surface area contributed by atoms with Crippen LogP contribution in [0.25, 0.3) is 16.6 Å². The molecule has 4 rings (SSSR count). The van der Waals surface area contributed by atoms with E-state index in [-0.39, 0.29) is 5.69 Å². The van der Waals surface area contributed by atoms with Crippen LogP contribution in [-0.4, -0.2) is 29.5 Å². The zero-order valence-corrected chi connectivity index (χ0v) is 18.5. The van der Waals surface area contributed by atoms with Crippen LogP contribution in [0.3, 0.4) is 0 Å². The van der Waals surface area contributed by atoms with Gasteiger partial charge in [-0.15, -0.1) is 11.8 Å². The van der Waals surface area contributed by atoms with Crippen LogP contribution in [0.2, 0.25) is 5.02 Å². The molecule has 0 saturated carbocycles. The minimum absolute atomic E-state index is 0.274. The number of pyridine rings is 1. The number of anilines is 1. The van der Waals surface area contributed by atoms with Gasteiger partial charge in [0.1, 0.15) is 11.4 Å². The predicted octanol–water partition coefficient (Wildman–Crippen LogP) is 5.81. The number of aromatic nitrogens is 1. The Morgan fingerprint density at radius 3 is 2.55 bits per heavy atom. The molecule has 0 radical (unpaired) electrons. The zero-order chi connectivity index (χ0) is 22.0. The van der Waals surface area contributed by atoms with Gasteiger partial charge in [-0.3, -0.25) is 9.59 Å². The molecule has 2 aromatic heterocycles. The molecule has 0 bridgehead atoms. The minimum Gasteiger partial charge on any atom is -0.495 e. The van der Waals surface area contributed by atoms with Crippen molar-refractivity contribution in [2.24, 2.45) is 0 Å². The summed E-state index contributed by atoms with van der Waals surface area (Å²) in [5.41, 5.74) is 3.01. The van der Waals surface area contributed by atoms with Gasteiger partial charge in [0.15, 0.2) is 0 Å². The first-order valence-corrected chi connectivity index (χ1v) is 11.1. The third-order valence-electron chi connectivity index (χ3n) is 4.92. The molecule has 7 heteroatoms. The molecule has 2 aromatic carbocycles. The fourth-order valence-corrected chi connectivity index (χ4v) is 4.26. The Morgan fingerprint density at radius 2 is 1.81 bits per heavy atom. The molecule has 0 aliphatic carbocycles. The van der Waals surface area contributed by atoms with Gasteiger partial charge in [-0.05, 0) is 54.3 Å². The number of halogens is 1. The highest BCUT2D eigenvalue weighted by Crippen LogP contribution is 2.34. The van der Waals surface area contributed by atoms with Gasteiger partial charge in [-0.2, -0.15) is 0 Å². The lowest BCUT2D eigenvalue weighted by Crippen LogP contribution is -2.25. The van der Waals surface area contributed by atoms with Crippen LogP contribution in [0.15, 0.2) is 77.8 Å². The lowest BCUT2D eigenvalue weighted by atomic mass is 10.0. The van der Waals surface area contributed by atoms with Crippen molar-refractivity contribution in [1.29, 1.82) is 0 Å². The number of amides is 1. The second-order valence-electron chi connectivity index (χ2n) is 6.73. The molecule has 4 aromatic rings. The number of para-hydroxylation sites is 1. The van der Waals surface area contributed by atoms with Crippen molar-refractivity contribution >= 4 is 46.3 Å². The van der Waals surface area contributed by atoms with Crippen LogP contribution in [-0.2, 0) is 4.79 Å². The van der Waals surface area contributed by atoms with E-state index in [1.807, 2.05) is 54.8 Å². The zero-order valence-electron chi connectivity index (χ0n) is 16.9. The molecule has 31 heavy (non-hydrogen) atoms. The summed E-state index contributed by atoms with van der Waals surface area (Å²) in [6.45, 7) is 0. The third kappa shape index (κ3) is 4.04. The summed E-state index contributed by atoms with van der Waals surface area (Å²) in [5.74, 6) is -0.802. The number of benzene rings is 2. The number of fused-ring (bicyclic) bond motifs is 1. The van der Waals surface area contributed by atoms with Gasteiger partial charge in [-0.1, -0.05) is 35.9 Å². The van der Waals surface area contributed by atoms with E-state index in [1.165, 1.54) is 11.8 Å². The summed E-state index contributed by atoms with van der Waals surface area (Å²) in [5, 5.41) is 3.18. The van der Waals surface area contributed by atoms with Gasteiger partial charge in [-0.25, -0.2) is 0 Å². The molecule has 0 atom stereocenters. The molecule has 2 heterocycles. The van der Waals surface area contributed by atoms with E-state index in [4.69, 9.17) is 16.3 Å². The summed E-state index contributed by atoms with van der Waals surface area (Å²) in [6.07, 6.45) is 3.68. The maximum atomic E-state index is 13.3. The van der Waals surface area contributed by atoms with Crippen LogP contribution in [0.4, 0.5) is 5.69 Å². The van der Waals surface area contributed by atoms with Crippen molar-refractivity contribution in [1.82, 2.24) is 4.40 Å². The van der Waals surface area contributed by atoms with Gasteiger partial charge in [0, 0.05) is 22.2 Å². The lowest BCUT2D eigenvalue weighted by Gasteiger charge is -2.11. The Labute approximate surface area is 189 Å². The fraction of sp³-hybridized carbons (Fsp3) is 0.0833. The van der Waals surface area contributed by atoms with E-state index >= 15 is 0 Å². The minimum atomic E-state index is -0.703. The molecular weight excluding hydrogens is 432 g/mol. The topological polar surface area (TPSA) is 59.8 Å². The molecule has 0 unspecified atom stereocenters. The van der Waals surface area contributed by atoms with E-state index < -0.39 is 11.7 Å². The SMILES string of the molecule is COc1ccc(-c2cc3ccccn3c2C(=O)C(=O)Nc2ccccc2SC)cc1Cl. The Bertz CT molecular complexity index is 1300. The molecule has 1 amide bonds. The Morgan fingerprint density at radius 1 is 1.03 bits per heavy atom. The highest BCUT2D eigenvalue weighted by Gasteiger charge is 2.25. The number of carbonyl (C=O) groups is 2. The average Bonchev–Trinajstić information content (AvgIpc) is 3.18. The van der Waals surface area contributed by atoms with E-state index in [1.54, 1.807) is 35.9 Å². The number of ether oxygens (including phenoxy) is 1. The van der Waals surface area contributed by atoms with Crippen molar-refractivity contribution in [3.63, 3.8) is 0 Å². The first-order chi connectivity index (χ1) is 15.0. The number of ketones is 1. The van der Waals surface area contributed by atoms with Crippen molar-refractivity contribution in [2.45, 2.75) is 4.90 Å². The Balaban J connectivity index is 1.79. The molecule has 0 spiro atoms. The number of hydrogen-bond acceptors (Lipinski definition) is 4. The van der Waals surface area contributed by atoms with Crippen LogP contribution in [0.5, 0.6) is 5.75 Å². The van der Waals surface area contributed by atoms with Crippen molar-refractivity contribution in [3.05, 3.63) is 83.6 Å². The molecule has 156 valence electrons. The highest BCUT2D eigenvalue weighted by atomic mass is 35.5. The first kappa shape index (κ1) is 21.0. The summed E-state index contributed by atoms with van der Waals surface area (Å²) < 4.78 is 6.95. The summed E-state index contributed by atoms with van der Waals surface area (Å²) in [4.78, 5) is 27.2. The van der Waals surface area contributed by atoms with E-state index in [2.05, 4.69) is 5.32 Å². The monoisotopic (exact) mass is 450 g/mol. The number of carbonyl (C=O) groups excluding carboxylic acids is 2. The van der Waals surface area contributed by atoms with Crippen LogP contribution < -0.4 is 10.1 Å². The number of nitrogens with one attached hydrogen (secondary N) is 1. The van der Waals surface area contributed by atoms with Crippen molar-refractivity contribution in [3.8, 4) is 16.9 Å². The second-order valence-corrected chi connectivity index (χ2v) is 7.99. The Kier molecular flexibility index (Phi) is 6.02. The molecule has 0 saturated heterocycles. The summed E-state index contributed by atoms with van der Waals surface area (Å²) >= 11 is 7.81. The van der Waals surface area contributed by atoms with Gasteiger partial charge in [0.2, 0.25) is 0 Å².